The Bertz CT molecular complexity index is 823. The number of nitrogens with one attached hydrogen (secondary N) is 2. The molecule has 0 bridgehead atoms. The van der Waals surface area contributed by atoms with Crippen LogP contribution >= 0.6 is 0 Å². The molecule has 2 aromatic rings. The van der Waals surface area contributed by atoms with Gasteiger partial charge in [0.05, 0.1) is 0 Å². The van der Waals surface area contributed by atoms with Crippen LogP contribution < -0.4 is 10.6 Å². The fourth-order valence-corrected chi connectivity index (χ4v) is 3.28. The highest BCUT2D eigenvalue weighted by Crippen LogP contribution is 2.32. The summed E-state index contributed by atoms with van der Waals surface area (Å²) in [6.45, 7) is 2.17. The molecule has 0 spiro atoms. The average Bonchev–Trinajstić information content (AvgIpc) is 2.93. The third-order valence-electron chi connectivity index (χ3n) is 4.63. The number of urea groups is 1. The van der Waals surface area contributed by atoms with E-state index in [1.54, 1.807) is 0 Å². The average molecular weight is 365 g/mol. The van der Waals surface area contributed by atoms with Gasteiger partial charge in [0.15, 0.2) is 5.54 Å². The SMILES string of the molecule is CCCNC(=O)CN1C(=O)NC(Cc2ccccc2)(c2ccccc2)C1=O. The van der Waals surface area contributed by atoms with Crippen LogP contribution in [-0.2, 0) is 21.5 Å². The molecule has 1 unspecified atom stereocenters. The van der Waals surface area contributed by atoms with Crippen molar-refractivity contribution < 1.29 is 14.4 Å². The standard InChI is InChI=1S/C21H23N3O3/c1-2-13-22-18(25)15-24-19(26)21(23-20(24)27,17-11-7-4-8-12-17)14-16-9-5-3-6-10-16/h3-12H,2,13-15H2,1H3,(H,22,25)(H,23,27). The number of carbonyl (C=O) groups is 3. The summed E-state index contributed by atoms with van der Waals surface area (Å²) in [6, 6.07) is 18.1. The molecule has 0 saturated carbocycles. The van der Waals surface area contributed by atoms with Gasteiger partial charge in [-0.25, -0.2) is 4.79 Å². The maximum atomic E-state index is 13.3. The topological polar surface area (TPSA) is 78.5 Å². The van der Waals surface area contributed by atoms with Crippen LogP contribution in [-0.4, -0.2) is 35.8 Å². The van der Waals surface area contributed by atoms with Crippen LogP contribution in [0.1, 0.15) is 24.5 Å². The molecule has 2 aromatic carbocycles. The second-order valence-electron chi connectivity index (χ2n) is 6.61. The third-order valence-corrected chi connectivity index (χ3v) is 4.63. The maximum absolute atomic E-state index is 13.3. The third kappa shape index (κ3) is 3.84. The van der Waals surface area contributed by atoms with Gasteiger partial charge in [-0.1, -0.05) is 67.6 Å². The Morgan fingerprint density at radius 3 is 2.30 bits per heavy atom. The van der Waals surface area contributed by atoms with E-state index in [4.69, 9.17) is 0 Å². The van der Waals surface area contributed by atoms with E-state index in [2.05, 4.69) is 10.6 Å². The molecule has 27 heavy (non-hydrogen) atoms. The Morgan fingerprint density at radius 2 is 1.67 bits per heavy atom. The van der Waals surface area contributed by atoms with Gasteiger partial charge in [0.25, 0.3) is 5.91 Å². The van der Waals surface area contributed by atoms with Crippen molar-refractivity contribution in [3.05, 3.63) is 71.8 Å². The Morgan fingerprint density at radius 1 is 1.04 bits per heavy atom. The number of carbonyl (C=O) groups excluding carboxylic acids is 3. The zero-order chi connectivity index (χ0) is 19.3. The minimum atomic E-state index is -1.22. The van der Waals surface area contributed by atoms with Gasteiger partial charge in [-0.05, 0) is 17.5 Å². The van der Waals surface area contributed by atoms with Crippen molar-refractivity contribution in [2.75, 3.05) is 13.1 Å². The van der Waals surface area contributed by atoms with E-state index in [1.165, 1.54) is 0 Å². The first kappa shape index (κ1) is 18.6. The largest absolute Gasteiger partial charge is 0.355 e. The Kier molecular flexibility index (Phi) is 5.54. The highest BCUT2D eigenvalue weighted by molar-refractivity contribution is 6.09. The van der Waals surface area contributed by atoms with Gasteiger partial charge in [-0.3, -0.25) is 14.5 Å². The van der Waals surface area contributed by atoms with Crippen LogP contribution in [0.3, 0.4) is 0 Å². The lowest BCUT2D eigenvalue weighted by Gasteiger charge is -2.27. The van der Waals surface area contributed by atoms with Gasteiger partial charge in [-0.15, -0.1) is 0 Å². The Hall–Kier alpha value is -3.15. The molecule has 2 N–H and O–H groups in total. The summed E-state index contributed by atoms with van der Waals surface area (Å²) in [5, 5.41) is 5.56. The summed E-state index contributed by atoms with van der Waals surface area (Å²) < 4.78 is 0. The van der Waals surface area contributed by atoms with Crippen LogP contribution in [0.5, 0.6) is 0 Å². The first-order chi connectivity index (χ1) is 13.1. The molecule has 1 fully saturated rings. The molecular formula is C21H23N3O3. The van der Waals surface area contributed by atoms with E-state index in [-0.39, 0.29) is 12.5 Å². The number of hydrogen-bond acceptors (Lipinski definition) is 3. The zero-order valence-electron chi connectivity index (χ0n) is 15.3. The molecule has 1 heterocycles. The van der Waals surface area contributed by atoms with Crippen molar-refractivity contribution in [3.63, 3.8) is 0 Å². The predicted octanol–water partition coefficient (Wildman–Crippen LogP) is 2.20. The molecule has 140 valence electrons. The lowest BCUT2D eigenvalue weighted by Crippen LogP contribution is -2.47. The molecule has 1 aliphatic rings. The van der Waals surface area contributed by atoms with E-state index in [0.717, 1.165) is 16.9 Å². The summed E-state index contributed by atoms with van der Waals surface area (Å²) in [5.74, 6) is -0.752. The fourth-order valence-electron chi connectivity index (χ4n) is 3.28. The molecule has 6 heteroatoms. The monoisotopic (exact) mass is 365 g/mol. The first-order valence-electron chi connectivity index (χ1n) is 9.07. The normalized spacial score (nSPS) is 19.1. The molecule has 1 atom stereocenters. The number of rotatable bonds is 7. The molecule has 0 radical (unpaired) electrons. The van der Waals surface area contributed by atoms with Gasteiger partial charge < -0.3 is 10.6 Å². The zero-order valence-corrected chi connectivity index (χ0v) is 15.3. The predicted molar refractivity (Wildman–Crippen MR) is 102 cm³/mol. The highest BCUT2D eigenvalue weighted by Gasteiger charge is 2.52. The minimum absolute atomic E-state index is 0.284. The first-order valence-corrected chi connectivity index (χ1v) is 9.07. The van der Waals surface area contributed by atoms with Gasteiger partial charge in [-0.2, -0.15) is 0 Å². The van der Waals surface area contributed by atoms with E-state index in [1.807, 2.05) is 67.6 Å². The quantitative estimate of drug-likeness (QED) is 0.739. The molecule has 1 saturated heterocycles. The number of benzene rings is 2. The molecule has 3 rings (SSSR count). The molecular weight excluding hydrogens is 342 g/mol. The lowest BCUT2D eigenvalue weighted by atomic mass is 9.83. The number of imide groups is 1. The molecule has 4 amide bonds. The fraction of sp³-hybridized carbons (Fsp3) is 0.286. The van der Waals surface area contributed by atoms with Crippen molar-refractivity contribution in [1.29, 1.82) is 0 Å². The van der Waals surface area contributed by atoms with Crippen molar-refractivity contribution in [3.8, 4) is 0 Å². The molecule has 6 nitrogen and oxygen atoms in total. The van der Waals surface area contributed by atoms with Crippen LogP contribution in [0, 0.1) is 0 Å². The second-order valence-corrected chi connectivity index (χ2v) is 6.61. The summed E-state index contributed by atoms with van der Waals surface area (Å²) in [7, 11) is 0. The second kappa shape index (κ2) is 8.03. The van der Waals surface area contributed by atoms with Gasteiger partial charge >= 0.3 is 6.03 Å². The van der Waals surface area contributed by atoms with E-state index in [9.17, 15) is 14.4 Å². The van der Waals surface area contributed by atoms with Crippen molar-refractivity contribution in [2.24, 2.45) is 0 Å². The summed E-state index contributed by atoms with van der Waals surface area (Å²) >= 11 is 0. The molecule has 0 aromatic heterocycles. The smallest absolute Gasteiger partial charge is 0.325 e. The number of hydrogen-bond donors (Lipinski definition) is 2. The van der Waals surface area contributed by atoms with Crippen LogP contribution in [0.2, 0.25) is 0 Å². The number of nitrogens with zero attached hydrogens (tertiary/aromatic N) is 1. The lowest BCUT2D eigenvalue weighted by molar-refractivity contribution is -0.135. The molecule has 1 aliphatic heterocycles. The van der Waals surface area contributed by atoms with Gasteiger partial charge in [0, 0.05) is 13.0 Å². The van der Waals surface area contributed by atoms with Crippen LogP contribution in [0.25, 0.3) is 0 Å². The minimum Gasteiger partial charge on any atom is -0.355 e. The highest BCUT2D eigenvalue weighted by atomic mass is 16.2. The van der Waals surface area contributed by atoms with Gasteiger partial charge in [0.1, 0.15) is 6.54 Å². The maximum Gasteiger partial charge on any atom is 0.325 e. The molecule has 0 aliphatic carbocycles. The van der Waals surface area contributed by atoms with Crippen molar-refractivity contribution in [2.45, 2.75) is 25.3 Å². The number of amides is 4. The Labute approximate surface area is 158 Å². The summed E-state index contributed by atoms with van der Waals surface area (Å²) in [5.41, 5.74) is 0.404. The van der Waals surface area contributed by atoms with Crippen molar-refractivity contribution in [1.82, 2.24) is 15.5 Å². The van der Waals surface area contributed by atoms with Crippen LogP contribution in [0.4, 0.5) is 4.79 Å². The van der Waals surface area contributed by atoms with Crippen LogP contribution in [0.15, 0.2) is 60.7 Å². The summed E-state index contributed by atoms with van der Waals surface area (Å²) in [6.07, 6.45) is 1.10. The van der Waals surface area contributed by atoms with E-state index < -0.39 is 17.5 Å². The van der Waals surface area contributed by atoms with Gasteiger partial charge in [0.2, 0.25) is 5.91 Å². The van der Waals surface area contributed by atoms with Crippen molar-refractivity contribution >= 4 is 17.8 Å². The summed E-state index contributed by atoms with van der Waals surface area (Å²) in [4.78, 5) is 39.0. The Balaban J connectivity index is 1.93. The van der Waals surface area contributed by atoms with E-state index in [0.29, 0.717) is 18.5 Å². The van der Waals surface area contributed by atoms with E-state index >= 15 is 0 Å².